The van der Waals surface area contributed by atoms with Crippen molar-refractivity contribution in [3.05, 3.63) is 64.9 Å². The van der Waals surface area contributed by atoms with Crippen molar-refractivity contribution in [2.24, 2.45) is 0 Å². The Morgan fingerprint density at radius 3 is 2.48 bits per heavy atom. The first-order valence-corrected chi connectivity index (χ1v) is 11.1. The maximum atomic E-state index is 12.6. The molecular formula is C22H24ClN5O2S. The summed E-state index contributed by atoms with van der Waals surface area (Å²) in [6.45, 7) is 6.48. The summed E-state index contributed by atoms with van der Waals surface area (Å²) in [6.07, 6.45) is 0. The fraction of sp³-hybridized carbons (Fsp3) is 0.273. The Kier molecular flexibility index (Phi) is 7.70. The van der Waals surface area contributed by atoms with Gasteiger partial charge in [-0.25, -0.2) is 0 Å². The van der Waals surface area contributed by atoms with Crippen molar-refractivity contribution in [2.75, 3.05) is 10.6 Å². The smallest absolute Gasteiger partial charge is 0.237 e. The summed E-state index contributed by atoms with van der Waals surface area (Å²) in [5, 5.41) is 15.6. The van der Waals surface area contributed by atoms with E-state index in [-0.39, 0.29) is 16.9 Å². The number of rotatable bonds is 9. The number of aromatic nitrogens is 3. The Hall–Kier alpha value is -2.84. The summed E-state index contributed by atoms with van der Waals surface area (Å²) < 4.78 is 1.97. The van der Waals surface area contributed by atoms with Gasteiger partial charge >= 0.3 is 0 Å². The number of thioether (sulfide) groups is 1. The minimum Gasteiger partial charge on any atom is -0.377 e. The Balaban J connectivity index is 1.62. The zero-order valence-corrected chi connectivity index (χ0v) is 19.1. The van der Waals surface area contributed by atoms with E-state index in [1.54, 1.807) is 24.3 Å². The fourth-order valence-electron chi connectivity index (χ4n) is 2.88. The van der Waals surface area contributed by atoms with Crippen molar-refractivity contribution in [1.29, 1.82) is 0 Å². The highest BCUT2D eigenvalue weighted by molar-refractivity contribution is 8.00. The third-order valence-corrected chi connectivity index (χ3v) is 6.04. The van der Waals surface area contributed by atoms with Gasteiger partial charge in [0.25, 0.3) is 0 Å². The molecule has 2 aromatic carbocycles. The van der Waals surface area contributed by atoms with Gasteiger partial charge in [-0.05, 0) is 57.2 Å². The molecule has 0 spiro atoms. The number of para-hydroxylation sites is 1. The van der Waals surface area contributed by atoms with E-state index in [0.717, 1.165) is 11.5 Å². The number of halogens is 1. The summed E-state index contributed by atoms with van der Waals surface area (Å²) in [5.74, 6) is 0.597. The normalized spacial score (nSPS) is 11.7. The second-order valence-corrected chi connectivity index (χ2v) is 8.57. The van der Waals surface area contributed by atoms with Crippen LogP contribution in [0.2, 0.25) is 5.02 Å². The second-order valence-electron chi connectivity index (χ2n) is 6.86. The molecule has 1 atom stereocenters. The maximum absolute atomic E-state index is 12.6. The maximum Gasteiger partial charge on any atom is 0.237 e. The van der Waals surface area contributed by atoms with E-state index in [2.05, 4.69) is 20.8 Å². The first-order chi connectivity index (χ1) is 14.9. The molecule has 2 N–H and O–H groups in total. The van der Waals surface area contributed by atoms with Gasteiger partial charge in [0.1, 0.15) is 0 Å². The number of Topliss-reactive ketones (excluding diaryl/α,β-unsaturated/α-hetero) is 1. The molecule has 0 aliphatic carbocycles. The first kappa shape index (κ1) is 22.8. The lowest BCUT2D eigenvalue weighted by atomic mass is 10.1. The quantitative estimate of drug-likeness (QED) is 0.351. The number of nitrogens with zero attached hydrogens (tertiary/aromatic N) is 3. The van der Waals surface area contributed by atoms with Gasteiger partial charge in [0, 0.05) is 17.8 Å². The lowest BCUT2D eigenvalue weighted by Gasteiger charge is -2.13. The number of amides is 1. The van der Waals surface area contributed by atoms with Gasteiger partial charge in [-0.3, -0.25) is 9.59 Å². The molecule has 0 aliphatic heterocycles. The Morgan fingerprint density at radius 2 is 1.84 bits per heavy atom. The number of hydrogen-bond donors (Lipinski definition) is 2. The van der Waals surface area contributed by atoms with Gasteiger partial charge in [-0.2, -0.15) is 0 Å². The Labute approximate surface area is 190 Å². The first-order valence-electron chi connectivity index (χ1n) is 9.88. The minimum atomic E-state index is -0.383. The van der Waals surface area contributed by atoms with Crippen molar-refractivity contribution in [1.82, 2.24) is 14.8 Å². The van der Waals surface area contributed by atoms with Crippen molar-refractivity contribution >= 4 is 46.4 Å². The molecule has 3 aromatic rings. The van der Waals surface area contributed by atoms with Crippen LogP contribution in [0.5, 0.6) is 0 Å². The largest absolute Gasteiger partial charge is 0.377 e. The van der Waals surface area contributed by atoms with Crippen LogP contribution in [-0.2, 0) is 17.9 Å². The van der Waals surface area contributed by atoms with Gasteiger partial charge in [0.05, 0.1) is 22.5 Å². The zero-order chi connectivity index (χ0) is 22.4. The molecule has 31 heavy (non-hydrogen) atoms. The van der Waals surface area contributed by atoms with Gasteiger partial charge in [0.15, 0.2) is 16.8 Å². The molecule has 1 aromatic heterocycles. The highest BCUT2D eigenvalue weighted by Crippen LogP contribution is 2.25. The third kappa shape index (κ3) is 5.86. The number of benzene rings is 2. The Morgan fingerprint density at radius 1 is 1.13 bits per heavy atom. The SMILES string of the molecule is CCn1c(CNc2ccccc2Cl)nnc1S[C@H](C)C(=O)Nc1ccc(C(C)=O)cc1. The number of anilines is 2. The summed E-state index contributed by atoms with van der Waals surface area (Å²) >= 11 is 7.54. The number of carbonyl (C=O) groups excluding carboxylic acids is 2. The molecule has 0 saturated heterocycles. The predicted molar refractivity (Wildman–Crippen MR) is 125 cm³/mol. The van der Waals surface area contributed by atoms with Crippen LogP contribution in [0.25, 0.3) is 0 Å². The third-order valence-electron chi connectivity index (χ3n) is 4.63. The van der Waals surface area contributed by atoms with Gasteiger partial charge in [0.2, 0.25) is 5.91 Å². The molecule has 9 heteroatoms. The summed E-state index contributed by atoms with van der Waals surface area (Å²) in [4.78, 5) is 24.0. The Bertz CT molecular complexity index is 1070. The molecular weight excluding hydrogens is 434 g/mol. The molecule has 0 fully saturated rings. The topological polar surface area (TPSA) is 88.9 Å². The van der Waals surface area contributed by atoms with Crippen molar-refractivity contribution in [2.45, 2.75) is 44.3 Å². The molecule has 0 unspecified atom stereocenters. The number of nitrogens with one attached hydrogen (secondary N) is 2. The number of hydrogen-bond acceptors (Lipinski definition) is 6. The van der Waals surface area contributed by atoms with Crippen molar-refractivity contribution < 1.29 is 9.59 Å². The van der Waals surface area contributed by atoms with Crippen LogP contribution in [0.1, 0.15) is 37.0 Å². The number of ketones is 1. The predicted octanol–water partition coefficient (Wildman–Crippen LogP) is 4.89. The summed E-state index contributed by atoms with van der Waals surface area (Å²) in [7, 11) is 0. The monoisotopic (exact) mass is 457 g/mol. The lowest BCUT2D eigenvalue weighted by molar-refractivity contribution is -0.115. The highest BCUT2D eigenvalue weighted by Gasteiger charge is 2.20. The van der Waals surface area contributed by atoms with E-state index in [1.807, 2.05) is 42.7 Å². The van der Waals surface area contributed by atoms with Crippen LogP contribution in [0, 0.1) is 0 Å². The molecule has 3 rings (SSSR count). The van der Waals surface area contributed by atoms with Crippen LogP contribution in [0.3, 0.4) is 0 Å². The van der Waals surface area contributed by atoms with Gasteiger partial charge in [-0.15, -0.1) is 10.2 Å². The van der Waals surface area contributed by atoms with Crippen LogP contribution in [-0.4, -0.2) is 31.7 Å². The van der Waals surface area contributed by atoms with Crippen LogP contribution < -0.4 is 10.6 Å². The van der Waals surface area contributed by atoms with Crippen LogP contribution in [0.15, 0.2) is 53.7 Å². The average molecular weight is 458 g/mol. The molecule has 1 heterocycles. The molecule has 1 amide bonds. The van der Waals surface area contributed by atoms with Gasteiger partial charge < -0.3 is 15.2 Å². The van der Waals surface area contributed by atoms with Crippen molar-refractivity contribution in [3.63, 3.8) is 0 Å². The molecule has 7 nitrogen and oxygen atoms in total. The highest BCUT2D eigenvalue weighted by atomic mass is 35.5. The molecule has 0 saturated carbocycles. The van der Waals surface area contributed by atoms with E-state index in [9.17, 15) is 9.59 Å². The van der Waals surface area contributed by atoms with Crippen molar-refractivity contribution in [3.8, 4) is 0 Å². The van der Waals surface area contributed by atoms with E-state index < -0.39 is 0 Å². The second kappa shape index (κ2) is 10.5. The zero-order valence-electron chi connectivity index (χ0n) is 17.6. The van der Waals surface area contributed by atoms with E-state index in [1.165, 1.54) is 18.7 Å². The summed E-state index contributed by atoms with van der Waals surface area (Å²) in [5.41, 5.74) is 2.07. The van der Waals surface area contributed by atoms with Crippen LogP contribution in [0.4, 0.5) is 11.4 Å². The molecule has 162 valence electrons. The lowest BCUT2D eigenvalue weighted by Crippen LogP contribution is -2.23. The summed E-state index contributed by atoms with van der Waals surface area (Å²) in [6, 6.07) is 14.3. The standard InChI is InChI=1S/C22H24ClN5O2S/c1-4-28-20(13-24-19-8-6-5-7-18(19)23)26-27-22(28)31-15(3)21(30)25-17-11-9-16(10-12-17)14(2)29/h5-12,15,24H,4,13H2,1-3H3,(H,25,30)/t15-/m1/s1. The fourth-order valence-corrected chi connectivity index (χ4v) is 4.01. The van der Waals surface area contributed by atoms with E-state index >= 15 is 0 Å². The molecule has 0 bridgehead atoms. The average Bonchev–Trinajstić information content (AvgIpc) is 3.14. The van der Waals surface area contributed by atoms with E-state index in [0.29, 0.717) is 34.5 Å². The van der Waals surface area contributed by atoms with E-state index in [4.69, 9.17) is 11.6 Å². The number of carbonyl (C=O) groups is 2. The van der Waals surface area contributed by atoms with Gasteiger partial charge in [-0.1, -0.05) is 35.5 Å². The van der Waals surface area contributed by atoms with Crippen LogP contribution >= 0.6 is 23.4 Å². The minimum absolute atomic E-state index is 0.0134. The molecule has 0 aliphatic rings. The molecule has 0 radical (unpaired) electrons.